The van der Waals surface area contributed by atoms with Crippen LogP contribution in [0.25, 0.3) is 0 Å². The predicted octanol–water partition coefficient (Wildman–Crippen LogP) is 3.10. The van der Waals surface area contributed by atoms with Gasteiger partial charge in [0.1, 0.15) is 5.75 Å². The summed E-state index contributed by atoms with van der Waals surface area (Å²) in [5.74, 6) is 2.55. The van der Waals surface area contributed by atoms with Crippen molar-refractivity contribution in [3.63, 3.8) is 0 Å². The summed E-state index contributed by atoms with van der Waals surface area (Å²) in [6, 6.07) is 7.73. The van der Waals surface area contributed by atoms with Crippen LogP contribution in [0.3, 0.4) is 0 Å². The van der Waals surface area contributed by atoms with Gasteiger partial charge in [-0.2, -0.15) is 0 Å². The monoisotopic (exact) mass is 402 g/mol. The first-order chi connectivity index (χ1) is 10.7. The molecule has 1 aromatic rings. The van der Waals surface area contributed by atoms with Crippen LogP contribution in [0.1, 0.15) is 19.3 Å². The van der Waals surface area contributed by atoms with Gasteiger partial charge in [0.2, 0.25) is 5.91 Å². The van der Waals surface area contributed by atoms with Gasteiger partial charge in [-0.15, -0.1) is 12.4 Å². The number of likely N-dealkylation sites (tertiary alicyclic amines) is 1. The SMILES string of the molecule is Cl.O=C(CCOc1cccc(Br)c1)N1CC[C@@H]2CNC[C@@H]2CC1. The zero-order valence-electron chi connectivity index (χ0n) is 13.2. The maximum Gasteiger partial charge on any atom is 0.225 e. The lowest BCUT2D eigenvalue weighted by atomic mass is 9.92. The van der Waals surface area contributed by atoms with Crippen LogP contribution in [0.4, 0.5) is 0 Å². The van der Waals surface area contributed by atoms with Crippen LogP contribution in [-0.4, -0.2) is 43.6 Å². The Hall–Kier alpha value is -0.780. The molecule has 1 amide bonds. The van der Waals surface area contributed by atoms with Gasteiger partial charge in [-0.3, -0.25) is 4.79 Å². The second kappa shape index (κ2) is 8.90. The van der Waals surface area contributed by atoms with E-state index in [0.29, 0.717) is 13.0 Å². The van der Waals surface area contributed by atoms with E-state index in [1.807, 2.05) is 29.2 Å². The van der Waals surface area contributed by atoms with Gasteiger partial charge in [0.05, 0.1) is 13.0 Å². The van der Waals surface area contributed by atoms with Gasteiger partial charge in [0.25, 0.3) is 0 Å². The normalized spacial score (nSPS) is 23.6. The first kappa shape index (κ1) is 18.6. The molecule has 128 valence electrons. The topological polar surface area (TPSA) is 41.6 Å². The molecule has 2 fully saturated rings. The van der Waals surface area contributed by atoms with E-state index in [-0.39, 0.29) is 18.3 Å². The molecule has 0 aromatic heterocycles. The summed E-state index contributed by atoms with van der Waals surface area (Å²) in [5.41, 5.74) is 0. The minimum atomic E-state index is 0. The smallest absolute Gasteiger partial charge is 0.225 e. The van der Waals surface area contributed by atoms with E-state index >= 15 is 0 Å². The molecule has 2 heterocycles. The van der Waals surface area contributed by atoms with E-state index in [4.69, 9.17) is 4.74 Å². The molecule has 2 aliphatic heterocycles. The van der Waals surface area contributed by atoms with Crippen molar-refractivity contribution >= 4 is 34.2 Å². The second-order valence-electron chi connectivity index (χ2n) is 6.19. The highest BCUT2D eigenvalue weighted by molar-refractivity contribution is 9.10. The molecule has 0 radical (unpaired) electrons. The fourth-order valence-electron chi connectivity index (χ4n) is 3.44. The summed E-state index contributed by atoms with van der Waals surface area (Å²) >= 11 is 3.42. The second-order valence-corrected chi connectivity index (χ2v) is 7.11. The van der Waals surface area contributed by atoms with Crippen LogP contribution in [0.15, 0.2) is 28.7 Å². The fraction of sp³-hybridized carbons (Fsp3) is 0.588. The number of carbonyl (C=O) groups excluding carboxylic acids is 1. The Balaban J connectivity index is 0.00000192. The lowest BCUT2D eigenvalue weighted by Crippen LogP contribution is -2.33. The van der Waals surface area contributed by atoms with Crippen LogP contribution < -0.4 is 10.1 Å². The average Bonchev–Trinajstić information content (AvgIpc) is 2.86. The standard InChI is InChI=1S/C17H23BrN2O2.ClH/c18-15-2-1-3-16(10-15)22-9-6-17(21)20-7-4-13-11-19-12-14(13)5-8-20;/h1-3,10,13-14,19H,4-9,11-12H2;1H/t13-,14+;. The molecule has 2 aliphatic rings. The molecule has 1 aromatic carbocycles. The Morgan fingerprint density at radius 3 is 2.61 bits per heavy atom. The lowest BCUT2D eigenvalue weighted by molar-refractivity contribution is -0.131. The Labute approximate surface area is 152 Å². The van der Waals surface area contributed by atoms with Gasteiger partial charge < -0.3 is 15.0 Å². The number of nitrogens with one attached hydrogen (secondary N) is 1. The van der Waals surface area contributed by atoms with Crippen LogP contribution >= 0.6 is 28.3 Å². The van der Waals surface area contributed by atoms with Crippen molar-refractivity contribution in [3.8, 4) is 5.75 Å². The number of hydrogen-bond acceptors (Lipinski definition) is 3. The highest BCUT2D eigenvalue weighted by Crippen LogP contribution is 2.27. The van der Waals surface area contributed by atoms with E-state index in [2.05, 4.69) is 21.2 Å². The zero-order valence-corrected chi connectivity index (χ0v) is 15.6. The third-order valence-corrected chi connectivity index (χ3v) is 5.25. The van der Waals surface area contributed by atoms with E-state index in [0.717, 1.165) is 61.1 Å². The minimum absolute atomic E-state index is 0. The Kier molecular flexibility index (Phi) is 7.18. The highest BCUT2D eigenvalue weighted by Gasteiger charge is 2.31. The van der Waals surface area contributed by atoms with Crippen molar-refractivity contribution in [2.24, 2.45) is 11.8 Å². The number of halogens is 2. The van der Waals surface area contributed by atoms with E-state index in [1.54, 1.807) is 0 Å². The highest BCUT2D eigenvalue weighted by atomic mass is 79.9. The maximum atomic E-state index is 12.3. The molecule has 3 rings (SSSR count). The quantitative estimate of drug-likeness (QED) is 0.840. The molecule has 0 spiro atoms. The van der Waals surface area contributed by atoms with E-state index < -0.39 is 0 Å². The summed E-state index contributed by atoms with van der Waals surface area (Å²) in [5, 5.41) is 3.47. The molecule has 0 saturated carbocycles. The first-order valence-electron chi connectivity index (χ1n) is 8.09. The van der Waals surface area contributed by atoms with Crippen LogP contribution in [0.2, 0.25) is 0 Å². The van der Waals surface area contributed by atoms with Crippen molar-refractivity contribution < 1.29 is 9.53 Å². The number of benzene rings is 1. The molecule has 0 unspecified atom stereocenters. The summed E-state index contributed by atoms with van der Waals surface area (Å²) < 4.78 is 6.66. The number of fused-ring (bicyclic) bond motifs is 1. The fourth-order valence-corrected chi connectivity index (χ4v) is 3.82. The van der Waals surface area contributed by atoms with Crippen molar-refractivity contribution in [1.82, 2.24) is 10.2 Å². The van der Waals surface area contributed by atoms with Gasteiger partial charge in [0, 0.05) is 17.6 Å². The Morgan fingerprint density at radius 2 is 1.96 bits per heavy atom. The average molecular weight is 404 g/mol. The number of carbonyl (C=O) groups is 1. The van der Waals surface area contributed by atoms with Gasteiger partial charge in [-0.1, -0.05) is 22.0 Å². The van der Waals surface area contributed by atoms with Crippen molar-refractivity contribution in [2.45, 2.75) is 19.3 Å². The zero-order chi connectivity index (χ0) is 15.4. The molecule has 1 N–H and O–H groups in total. The number of rotatable bonds is 4. The number of nitrogens with zero attached hydrogens (tertiary/aromatic N) is 1. The number of ether oxygens (including phenoxy) is 1. The molecular formula is C17H24BrClN2O2. The Morgan fingerprint density at radius 1 is 1.26 bits per heavy atom. The third-order valence-electron chi connectivity index (χ3n) is 4.75. The molecule has 2 saturated heterocycles. The minimum Gasteiger partial charge on any atom is -0.493 e. The van der Waals surface area contributed by atoms with Crippen LogP contribution in [0.5, 0.6) is 5.75 Å². The third kappa shape index (κ3) is 5.10. The van der Waals surface area contributed by atoms with E-state index in [1.165, 1.54) is 0 Å². The van der Waals surface area contributed by atoms with Gasteiger partial charge in [0.15, 0.2) is 0 Å². The molecule has 6 heteroatoms. The van der Waals surface area contributed by atoms with Gasteiger partial charge in [-0.25, -0.2) is 0 Å². The largest absolute Gasteiger partial charge is 0.493 e. The molecule has 2 atom stereocenters. The van der Waals surface area contributed by atoms with Gasteiger partial charge in [-0.05, 0) is 56.0 Å². The van der Waals surface area contributed by atoms with Crippen LogP contribution in [0, 0.1) is 11.8 Å². The lowest BCUT2D eigenvalue weighted by Gasteiger charge is -2.21. The summed E-state index contributed by atoms with van der Waals surface area (Å²) in [6.07, 6.45) is 2.73. The van der Waals surface area contributed by atoms with Crippen molar-refractivity contribution in [1.29, 1.82) is 0 Å². The molecule has 0 aliphatic carbocycles. The predicted molar refractivity (Wildman–Crippen MR) is 97.2 cm³/mol. The van der Waals surface area contributed by atoms with Gasteiger partial charge >= 0.3 is 0 Å². The molecule has 23 heavy (non-hydrogen) atoms. The molecular weight excluding hydrogens is 380 g/mol. The van der Waals surface area contributed by atoms with Crippen molar-refractivity contribution in [3.05, 3.63) is 28.7 Å². The number of hydrogen-bond donors (Lipinski definition) is 1. The van der Waals surface area contributed by atoms with E-state index in [9.17, 15) is 4.79 Å². The summed E-state index contributed by atoms with van der Waals surface area (Å²) in [4.78, 5) is 14.4. The summed E-state index contributed by atoms with van der Waals surface area (Å²) in [6.45, 7) is 4.49. The number of amides is 1. The van der Waals surface area contributed by atoms with Crippen LogP contribution in [-0.2, 0) is 4.79 Å². The maximum absolute atomic E-state index is 12.3. The Bertz CT molecular complexity index is 515. The molecule has 0 bridgehead atoms. The summed E-state index contributed by atoms with van der Waals surface area (Å²) in [7, 11) is 0. The molecule has 4 nitrogen and oxygen atoms in total. The first-order valence-corrected chi connectivity index (χ1v) is 8.88. The van der Waals surface area contributed by atoms with Crippen molar-refractivity contribution in [2.75, 3.05) is 32.8 Å².